The van der Waals surface area contributed by atoms with Crippen LogP contribution in [0.5, 0.6) is 5.75 Å². The van der Waals surface area contributed by atoms with Gasteiger partial charge in [0.1, 0.15) is 5.75 Å². The SMILES string of the molecule is COc1ccc(Cl)cc1C(CC(C)C)NC(=O)CCC1CCNC1.Cl. The van der Waals surface area contributed by atoms with E-state index in [4.69, 9.17) is 16.3 Å². The minimum absolute atomic E-state index is 0. The van der Waals surface area contributed by atoms with Crippen molar-refractivity contribution in [3.63, 3.8) is 0 Å². The highest BCUT2D eigenvalue weighted by molar-refractivity contribution is 6.30. The third-order valence-electron chi connectivity index (χ3n) is 4.55. The molecule has 2 rings (SSSR count). The molecule has 0 aliphatic carbocycles. The van der Waals surface area contributed by atoms with Crippen LogP contribution in [0.15, 0.2) is 18.2 Å². The van der Waals surface area contributed by atoms with Crippen molar-refractivity contribution in [1.82, 2.24) is 10.6 Å². The van der Waals surface area contributed by atoms with Gasteiger partial charge in [-0.2, -0.15) is 0 Å². The molecule has 0 saturated carbocycles. The third-order valence-corrected chi connectivity index (χ3v) is 4.79. The standard InChI is InChI=1S/C19H29ClN2O2.ClH/c1-13(2)10-17(16-11-15(20)5-6-18(16)24-3)22-19(23)7-4-14-8-9-21-12-14;/h5-6,11,13-14,17,21H,4,7-10,12H2,1-3H3,(H,22,23);1H. The number of carbonyl (C=O) groups is 1. The predicted molar refractivity (Wildman–Crippen MR) is 106 cm³/mol. The first-order valence-electron chi connectivity index (χ1n) is 8.83. The molecule has 1 aliphatic heterocycles. The molecule has 2 N–H and O–H groups in total. The summed E-state index contributed by atoms with van der Waals surface area (Å²) in [5.41, 5.74) is 0.953. The van der Waals surface area contributed by atoms with Crippen LogP contribution in [0, 0.1) is 11.8 Å². The Labute approximate surface area is 162 Å². The van der Waals surface area contributed by atoms with Crippen LogP contribution in [0.4, 0.5) is 0 Å². The minimum Gasteiger partial charge on any atom is -0.496 e. The van der Waals surface area contributed by atoms with E-state index in [1.807, 2.05) is 18.2 Å². The van der Waals surface area contributed by atoms with Crippen molar-refractivity contribution in [2.45, 2.75) is 45.6 Å². The topological polar surface area (TPSA) is 50.4 Å². The van der Waals surface area contributed by atoms with Crippen LogP contribution in [-0.2, 0) is 4.79 Å². The van der Waals surface area contributed by atoms with Crippen LogP contribution >= 0.6 is 24.0 Å². The van der Waals surface area contributed by atoms with E-state index in [1.165, 1.54) is 6.42 Å². The average molecular weight is 389 g/mol. The number of rotatable bonds is 8. The maximum atomic E-state index is 12.4. The van der Waals surface area contributed by atoms with E-state index in [0.717, 1.165) is 37.2 Å². The van der Waals surface area contributed by atoms with Crippen molar-refractivity contribution in [2.24, 2.45) is 11.8 Å². The zero-order chi connectivity index (χ0) is 17.5. The molecule has 1 aromatic rings. The number of amides is 1. The van der Waals surface area contributed by atoms with Crippen LogP contribution in [0.1, 0.15) is 51.1 Å². The maximum absolute atomic E-state index is 12.4. The molecule has 1 heterocycles. The summed E-state index contributed by atoms with van der Waals surface area (Å²) < 4.78 is 5.47. The van der Waals surface area contributed by atoms with Crippen LogP contribution in [0.3, 0.4) is 0 Å². The zero-order valence-corrected chi connectivity index (χ0v) is 16.9. The molecule has 4 nitrogen and oxygen atoms in total. The van der Waals surface area contributed by atoms with Crippen molar-refractivity contribution in [2.75, 3.05) is 20.2 Å². The second-order valence-corrected chi connectivity index (χ2v) is 7.47. The Balaban J connectivity index is 0.00000312. The quantitative estimate of drug-likeness (QED) is 0.695. The average Bonchev–Trinajstić information content (AvgIpc) is 3.05. The lowest BCUT2D eigenvalue weighted by Crippen LogP contribution is -2.30. The summed E-state index contributed by atoms with van der Waals surface area (Å²) in [7, 11) is 1.65. The highest BCUT2D eigenvalue weighted by Crippen LogP contribution is 2.32. The van der Waals surface area contributed by atoms with Gasteiger partial charge in [-0.05, 0) is 62.4 Å². The molecule has 1 amide bonds. The highest BCUT2D eigenvalue weighted by atomic mass is 35.5. The molecule has 25 heavy (non-hydrogen) atoms. The molecular weight excluding hydrogens is 359 g/mol. The summed E-state index contributed by atoms with van der Waals surface area (Å²) in [6, 6.07) is 5.49. The largest absolute Gasteiger partial charge is 0.496 e. The summed E-state index contributed by atoms with van der Waals surface area (Å²) >= 11 is 6.16. The van der Waals surface area contributed by atoms with Gasteiger partial charge in [-0.25, -0.2) is 0 Å². The van der Waals surface area contributed by atoms with Crippen molar-refractivity contribution in [1.29, 1.82) is 0 Å². The Kier molecular flexibility index (Phi) is 9.62. The first kappa shape index (κ1) is 22.1. The Morgan fingerprint density at radius 1 is 1.44 bits per heavy atom. The lowest BCUT2D eigenvalue weighted by atomic mass is 9.95. The zero-order valence-electron chi connectivity index (χ0n) is 15.3. The fraction of sp³-hybridized carbons (Fsp3) is 0.632. The normalized spacial score (nSPS) is 17.9. The van der Waals surface area contributed by atoms with Gasteiger partial charge < -0.3 is 15.4 Å². The van der Waals surface area contributed by atoms with Crippen molar-refractivity contribution >= 4 is 29.9 Å². The van der Waals surface area contributed by atoms with Gasteiger partial charge in [0, 0.05) is 17.0 Å². The molecule has 142 valence electrons. The Hall–Kier alpha value is -0.970. The lowest BCUT2D eigenvalue weighted by Gasteiger charge is -2.23. The summed E-state index contributed by atoms with van der Waals surface area (Å²) in [4.78, 5) is 12.4. The second-order valence-electron chi connectivity index (χ2n) is 7.03. The van der Waals surface area contributed by atoms with E-state index in [1.54, 1.807) is 7.11 Å². The second kappa shape index (κ2) is 10.9. The number of methoxy groups -OCH3 is 1. The molecule has 0 aromatic heterocycles. The van der Waals surface area contributed by atoms with Gasteiger partial charge in [-0.15, -0.1) is 12.4 Å². The number of benzene rings is 1. The highest BCUT2D eigenvalue weighted by Gasteiger charge is 2.21. The molecule has 2 atom stereocenters. The Morgan fingerprint density at radius 2 is 2.20 bits per heavy atom. The summed E-state index contributed by atoms with van der Waals surface area (Å²) in [6.45, 7) is 6.41. The first-order chi connectivity index (χ1) is 11.5. The molecule has 0 spiro atoms. The molecule has 2 unspecified atom stereocenters. The Morgan fingerprint density at radius 3 is 2.80 bits per heavy atom. The summed E-state index contributed by atoms with van der Waals surface area (Å²) in [5.74, 6) is 1.96. The number of halogens is 2. The number of carbonyl (C=O) groups excluding carboxylic acids is 1. The van der Waals surface area contributed by atoms with E-state index in [-0.39, 0.29) is 24.4 Å². The van der Waals surface area contributed by atoms with Gasteiger partial charge in [0.2, 0.25) is 5.91 Å². The van der Waals surface area contributed by atoms with E-state index < -0.39 is 0 Å². The van der Waals surface area contributed by atoms with Crippen LogP contribution in [-0.4, -0.2) is 26.1 Å². The van der Waals surface area contributed by atoms with Gasteiger partial charge in [0.25, 0.3) is 0 Å². The molecule has 0 bridgehead atoms. The number of hydrogen-bond donors (Lipinski definition) is 2. The van der Waals surface area contributed by atoms with Crippen molar-refractivity contribution in [3.05, 3.63) is 28.8 Å². The number of nitrogens with one attached hydrogen (secondary N) is 2. The van der Waals surface area contributed by atoms with Crippen molar-refractivity contribution in [3.8, 4) is 5.75 Å². The minimum atomic E-state index is -0.0761. The van der Waals surface area contributed by atoms with Crippen LogP contribution in [0.2, 0.25) is 5.02 Å². The van der Waals surface area contributed by atoms with E-state index in [9.17, 15) is 4.79 Å². The van der Waals surface area contributed by atoms with Gasteiger partial charge in [0.05, 0.1) is 13.2 Å². The molecule has 1 saturated heterocycles. The van der Waals surface area contributed by atoms with E-state index in [0.29, 0.717) is 23.3 Å². The lowest BCUT2D eigenvalue weighted by molar-refractivity contribution is -0.122. The Bertz CT molecular complexity index is 546. The van der Waals surface area contributed by atoms with E-state index in [2.05, 4.69) is 24.5 Å². The first-order valence-corrected chi connectivity index (χ1v) is 9.21. The fourth-order valence-corrected chi connectivity index (χ4v) is 3.46. The van der Waals surface area contributed by atoms with Crippen LogP contribution < -0.4 is 15.4 Å². The maximum Gasteiger partial charge on any atom is 0.220 e. The van der Waals surface area contributed by atoms with Gasteiger partial charge in [-0.3, -0.25) is 4.79 Å². The molecular formula is C19H30Cl2N2O2. The van der Waals surface area contributed by atoms with E-state index >= 15 is 0 Å². The predicted octanol–water partition coefficient (Wildman–Crippen LogP) is 4.36. The molecule has 1 aliphatic rings. The van der Waals surface area contributed by atoms with Crippen molar-refractivity contribution < 1.29 is 9.53 Å². The van der Waals surface area contributed by atoms with Gasteiger partial charge in [0.15, 0.2) is 0 Å². The number of hydrogen-bond acceptors (Lipinski definition) is 3. The molecule has 1 fully saturated rings. The van der Waals surface area contributed by atoms with Gasteiger partial charge >= 0.3 is 0 Å². The fourth-order valence-electron chi connectivity index (χ4n) is 3.28. The molecule has 0 radical (unpaired) electrons. The van der Waals surface area contributed by atoms with Crippen LogP contribution in [0.25, 0.3) is 0 Å². The summed E-state index contributed by atoms with van der Waals surface area (Å²) in [6.07, 6.45) is 3.54. The van der Waals surface area contributed by atoms with Gasteiger partial charge in [-0.1, -0.05) is 25.4 Å². The molecule has 1 aromatic carbocycles. The monoisotopic (exact) mass is 388 g/mol. The smallest absolute Gasteiger partial charge is 0.220 e. The number of ether oxygens (including phenoxy) is 1. The third kappa shape index (κ3) is 7.04. The molecule has 6 heteroatoms. The summed E-state index contributed by atoms with van der Waals surface area (Å²) in [5, 5.41) is 7.20.